The fraction of sp³-hybridized carbons (Fsp3) is 0.0952. The molecule has 1 N–H and O–H groups in total. The normalized spacial score (nSPS) is 16.9. The Morgan fingerprint density at radius 3 is 2.55 bits per heavy atom. The van der Waals surface area contributed by atoms with Crippen molar-refractivity contribution in [2.45, 2.75) is 0 Å². The third kappa shape index (κ3) is 4.71. The van der Waals surface area contributed by atoms with Gasteiger partial charge in [0.1, 0.15) is 11.5 Å². The van der Waals surface area contributed by atoms with Crippen LogP contribution in [0.4, 0.5) is 0 Å². The molecule has 2 aliphatic heterocycles. The number of nitrogens with one attached hydrogen (secondary N) is 1. The molecule has 0 saturated carbocycles. The predicted molar refractivity (Wildman–Crippen MR) is 124 cm³/mol. The van der Waals surface area contributed by atoms with E-state index < -0.39 is 21.7 Å². The molecule has 2 aliphatic rings. The standard InChI is InChI=1S/C21H16N4O6S2/c1-30-15-5-3-4-13(11-15)19(27)31-14-8-6-12(7-9-14)10-16-17(22)25-20(23-18(16)26)32-21(24-25)33(2,28)29/h3-11,22H,1-2H3/b16-10-,22-17?. The number of esters is 1. The summed E-state index contributed by atoms with van der Waals surface area (Å²) in [4.78, 5) is 28.6. The van der Waals surface area contributed by atoms with Crippen LogP contribution in [0.5, 0.6) is 11.5 Å². The molecule has 12 heteroatoms. The van der Waals surface area contributed by atoms with Gasteiger partial charge in [-0.1, -0.05) is 18.2 Å². The van der Waals surface area contributed by atoms with E-state index in [4.69, 9.17) is 14.9 Å². The molecule has 4 rings (SSSR count). The van der Waals surface area contributed by atoms with Gasteiger partial charge in [-0.2, -0.15) is 10.0 Å². The highest BCUT2D eigenvalue weighted by molar-refractivity contribution is 8.42. The quantitative estimate of drug-likeness (QED) is 0.397. The monoisotopic (exact) mass is 484 g/mol. The number of rotatable bonds is 4. The molecule has 2 aromatic rings. The summed E-state index contributed by atoms with van der Waals surface area (Å²) < 4.78 is 33.7. The summed E-state index contributed by atoms with van der Waals surface area (Å²) in [6.45, 7) is 0. The van der Waals surface area contributed by atoms with E-state index in [9.17, 15) is 18.0 Å². The molecule has 0 spiro atoms. The van der Waals surface area contributed by atoms with Crippen molar-refractivity contribution >= 4 is 54.9 Å². The van der Waals surface area contributed by atoms with Crippen molar-refractivity contribution in [2.24, 2.45) is 10.1 Å². The van der Waals surface area contributed by atoms with E-state index in [0.717, 1.165) is 23.0 Å². The number of carbonyl (C=O) groups excluding carboxylic acids is 2. The van der Waals surface area contributed by atoms with Crippen LogP contribution in [0.25, 0.3) is 6.08 Å². The van der Waals surface area contributed by atoms with Gasteiger partial charge < -0.3 is 9.47 Å². The minimum Gasteiger partial charge on any atom is -0.497 e. The highest BCUT2D eigenvalue weighted by atomic mass is 32.3. The van der Waals surface area contributed by atoms with Gasteiger partial charge in [0.2, 0.25) is 19.4 Å². The fourth-order valence-electron chi connectivity index (χ4n) is 2.84. The Hall–Kier alpha value is -3.77. The average Bonchev–Trinajstić information content (AvgIpc) is 3.22. The number of sulfone groups is 1. The summed E-state index contributed by atoms with van der Waals surface area (Å²) in [7, 11) is -2.10. The first-order valence-electron chi connectivity index (χ1n) is 9.32. The molecule has 0 aliphatic carbocycles. The van der Waals surface area contributed by atoms with Crippen molar-refractivity contribution in [2.75, 3.05) is 13.4 Å². The molecule has 0 atom stereocenters. The Kier molecular flexibility index (Phi) is 5.87. The molecule has 168 valence electrons. The average molecular weight is 485 g/mol. The molecule has 10 nitrogen and oxygen atoms in total. The van der Waals surface area contributed by atoms with Gasteiger partial charge in [0.05, 0.1) is 18.2 Å². The van der Waals surface area contributed by atoms with Crippen LogP contribution in [-0.4, -0.2) is 54.0 Å². The summed E-state index contributed by atoms with van der Waals surface area (Å²) in [6, 6.07) is 12.8. The second-order valence-electron chi connectivity index (χ2n) is 6.85. The van der Waals surface area contributed by atoms with Gasteiger partial charge in [0, 0.05) is 6.26 Å². The molecular weight excluding hydrogens is 468 g/mol. The summed E-state index contributed by atoms with van der Waals surface area (Å²) in [5.41, 5.74) is 0.814. The summed E-state index contributed by atoms with van der Waals surface area (Å²) >= 11 is 0.718. The fourth-order valence-corrected chi connectivity index (χ4v) is 4.52. The Bertz CT molecular complexity index is 1380. The van der Waals surface area contributed by atoms with Crippen LogP contribution < -0.4 is 9.47 Å². The van der Waals surface area contributed by atoms with Crippen LogP contribution in [-0.2, 0) is 14.6 Å². The lowest BCUT2D eigenvalue weighted by molar-refractivity contribution is -0.114. The third-order valence-electron chi connectivity index (χ3n) is 4.46. The molecule has 33 heavy (non-hydrogen) atoms. The lowest BCUT2D eigenvalue weighted by atomic mass is 10.1. The number of thioether (sulfide) groups is 1. The molecule has 0 fully saturated rings. The van der Waals surface area contributed by atoms with Crippen molar-refractivity contribution < 1.29 is 27.5 Å². The molecule has 0 saturated heterocycles. The number of hydrazone groups is 1. The zero-order chi connectivity index (χ0) is 23.8. The number of nitrogens with zero attached hydrogens (tertiary/aromatic N) is 3. The number of amides is 1. The largest absolute Gasteiger partial charge is 0.497 e. The second kappa shape index (κ2) is 8.64. The summed E-state index contributed by atoms with van der Waals surface area (Å²) in [5.74, 6) is -0.714. The molecule has 2 aromatic carbocycles. The van der Waals surface area contributed by atoms with E-state index in [1.807, 2.05) is 0 Å². The zero-order valence-corrected chi connectivity index (χ0v) is 18.9. The van der Waals surface area contributed by atoms with Gasteiger partial charge in [-0.05, 0) is 53.7 Å². The maximum atomic E-state index is 12.4. The van der Waals surface area contributed by atoms with Crippen LogP contribution in [0.2, 0.25) is 0 Å². The smallest absolute Gasteiger partial charge is 0.343 e. The van der Waals surface area contributed by atoms with E-state index >= 15 is 0 Å². The Balaban J connectivity index is 1.52. The van der Waals surface area contributed by atoms with Gasteiger partial charge in [0.15, 0.2) is 5.84 Å². The number of benzene rings is 2. The summed E-state index contributed by atoms with van der Waals surface area (Å²) in [6.07, 6.45) is 2.42. The first-order valence-corrected chi connectivity index (χ1v) is 12.0. The number of fused-ring (bicyclic) bond motifs is 1. The molecule has 0 aromatic heterocycles. The molecule has 0 radical (unpaired) electrons. The van der Waals surface area contributed by atoms with Crippen molar-refractivity contribution in [3.05, 3.63) is 65.2 Å². The predicted octanol–water partition coefficient (Wildman–Crippen LogP) is 2.54. The SMILES string of the molecule is COc1cccc(C(=O)Oc2ccc(/C=C3/C(=N)N4N=C(S(C)(=O)=O)SC4=NC3=O)cc2)c1. The van der Waals surface area contributed by atoms with Crippen LogP contribution >= 0.6 is 11.8 Å². The number of hydrogen-bond acceptors (Lipinski definition) is 9. The lowest BCUT2D eigenvalue weighted by Crippen LogP contribution is -2.35. The molecule has 1 amide bonds. The third-order valence-corrected chi connectivity index (χ3v) is 7.04. The van der Waals surface area contributed by atoms with E-state index in [2.05, 4.69) is 10.1 Å². The minimum atomic E-state index is -3.60. The number of amidine groups is 2. The zero-order valence-electron chi connectivity index (χ0n) is 17.3. The number of ether oxygens (including phenoxy) is 2. The molecule has 0 bridgehead atoms. The van der Waals surface area contributed by atoms with Crippen molar-refractivity contribution in [3.63, 3.8) is 0 Å². The lowest BCUT2D eigenvalue weighted by Gasteiger charge is -2.20. The highest BCUT2D eigenvalue weighted by Gasteiger charge is 2.38. The van der Waals surface area contributed by atoms with Crippen LogP contribution in [0.3, 0.4) is 0 Å². The van der Waals surface area contributed by atoms with E-state index in [1.54, 1.807) is 48.5 Å². The van der Waals surface area contributed by atoms with Crippen molar-refractivity contribution in [1.29, 1.82) is 5.41 Å². The van der Waals surface area contributed by atoms with Crippen LogP contribution in [0.15, 0.2) is 64.2 Å². The van der Waals surface area contributed by atoms with Gasteiger partial charge >= 0.3 is 5.97 Å². The second-order valence-corrected chi connectivity index (χ2v) is 9.99. The summed E-state index contributed by atoms with van der Waals surface area (Å²) in [5, 5.41) is 13.2. The topological polar surface area (TPSA) is 139 Å². The molecule has 0 unspecified atom stereocenters. The number of aliphatic imine (C=N–C) groups is 1. The van der Waals surface area contributed by atoms with E-state index in [-0.39, 0.29) is 26.7 Å². The minimum absolute atomic E-state index is 0.0161. The number of hydrogen-bond donors (Lipinski definition) is 1. The maximum Gasteiger partial charge on any atom is 0.343 e. The van der Waals surface area contributed by atoms with E-state index in [1.165, 1.54) is 13.2 Å². The van der Waals surface area contributed by atoms with Gasteiger partial charge in [-0.25, -0.2) is 13.2 Å². The Labute approximate surface area is 193 Å². The Morgan fingerprint density at radius 1 is 1.15 bits per heavy atom. The first-order chi connectivity index (χ1) is 15.7. The number of carbonyl (C=O) groups is 2. The van der Waals surface area contributed by atoms with Crippen LogP contribution in [0, 0.1) is 5.41 Å². The Morgan fingerprint density at radius 2 is 1.88 bits per heavy atom. The molecular formula is C21H16N4O6S2. The maximum absolute atomic E-state index is 12.4. The highest BCUT2D eigenvalue weighted by Crippen LogP contribution is 2.30. The van der Waals surface area contributed by atoms with Gasteiger partial charge in [-0.3, -0.25) is 10.2 Å². The van der Waals surface area contributed by atoms with Gasteiger partial charge in [-0.15, -0.1) is 5.10 Å². The van der Waals surface area contributed by atoms with Crippen LogP contribution in [0.1, 0.15) is 15.9 Å². The van der Waals surface area contributed by atoms with Crippen molar-refractivity contribution in [1.82, 2.24) is 5.01 Å². The van der Waals surface area contributed by atoms with Crippen molar-refractivity contribution in [3.8, 4) is 11.5 Å². The molecule has 2 heterocycles. The number of methoxy groups -OCH3 is 1. The first kappa shape index (κ1) is 22.4. The van der Waals surface area contributed by atoms with E-state index in [0.29, 0.717) is 16.9 Å². The van der Waals surface area contributed by atoms with Gasteiger partial charge in [0.25, 0.3) is 5.91 Å².